The second-order valence-electron chi connectivity index (χ2n) is 5.30. The Hall–Kier alpha value is -1.47. The van der Waals surface area contributed by atoms with Crippen LogP contribution >= 0.6 is 11.8 Å². The molecular weight excluding hydrogens is 320 g/mol. The molecular formula is C16H21F2N3OS. The Morgan fingerprint density at radius 2 is 1.91 bits per heavy atom. The van der Waals surface area contributed by atoms with Gasteiger partial charge in [-0.15, -0.1) is 5.10 Å². The van der Waals surface area contributed by atoms with Crippen molar-refractivity contribution < 1.29 is 13.5 Å². The highest BCUT2D eigenvalue weighted by Crippen LogP contribution is 2.13. The summed E-state index contributed by atoms with van der Waals surface area (Å²) < 4.78 is 31.7. The summed E-state index contributed by atoms with van der Waals surface area (Å²) in [5, 5.41) is 8.44. The number of benzene rings is 1. The number of unbranched alkanes of at least 4 members (excludes halogenated alkanes) is 1. The number of aryl methyl sites for hydroxylation is 1. The fourth-order valence-electron chi connectivity index (χ4n) is 2.18. The van der Waals surface area contributed by atoms with Crippen molar-refractivity contribution in [2.24, 2.45) is 15.9 Å². The summed E-state index contributed by atoms with van der Waals surface area (Å²) in [5.74, 6) is -0.212. The molecule has 7 heteroatoms. The average molecular weight is 341 g/mol. The van der Waals surface area contributed by atoms with E-state index in [0.717, 1.165) is 43.2 Å². The van der Waals surface area contributed by atoms with Crippen LogP contribution in [0.2, 0.25) is 0 Å². The molecule has 1 aromatic rings. The molecule has 0 amide bonds. The first-order valence-electron chi connectivity index (χ1n) is 7.68. The molecule has 23 heavy (non-hydrogen) atoms. The van der Waals surface area contributed by atoms with Gasteiger partial charge in [0.15, 0.2) is 5.17 Å². The molecule has 0 aliphatic carbocycles. The van der Waals surface area contributed by atoms with Crippen LogP contribution < -0.4 is 5.73 Å². The molecule has 1 aliphatic rings. The summed E-state index contributed by atoms with van der Waals surface area (Å²) in [6.45, 7) is 1.26. The number of amidine groups is 1. The van der Waals surface area contributed by atoms with Gasteiger partial charge >= 0.3 is 0 Å². The fraction of sp³-hybridized carbons (Fsp3) is 0.500. The van der Waals surface area contributed by atoms with E-state index in [0.29, 0.717) is 30.4 Å². The molecule has 0 bridgehead atoms. The number of thioether (sulfide) groups is 1. The van der Waals surface area contributed by atoms with E-state index in [9.17, 15) is 8.78 Å². The van der Waals surface area contributed by atoms with Crippen molar-refractivity contribution in [1.82, 2.24) is 0 Å². The standard InChI is InChI=1S/C16H21F2N3OS/c17-13-7-6-12(15(18)10-13)4-3-9-22-8-2-1-5-14-11-23-16(19)21-20-14/h6-7,10H,1-5,8-9,11H2,(H2,19,21). The zero-order valence-corrected chi connectivity index (χ0v) is 13.7. The van der Waals surface area contributed by atoms with E-state index >= 15 is 0 Å². The molecule has 126 valence electrons. The van der Waals surface area contributed by atoms with Crippen molar-refractivity contribution in [2.75, 3.05) is 19.0 Å². The van der Waals surface area contributed by atoms with Gasteiger partial charge in [-0.05, 0) is 43.7 Å². The van der Waals surface area contributed by atoms with E-state index in [2.05, 4.69) is 10.2 Å². The number of ether oxygens (including phenoxy) is 1. The molecule has 1 aromatic carbocycles. The van der Waals surface area contributed by atoms with Gasteiger partial charge in [0.05, 0.1) is 5.71 Å². The predicted molar refractivity (Wildman–Crippen MR) is 90.9 cm³/mol. The predicted octanol–water partition coefficient (Wildman–Crippen LogP) is 3.50. The molecule has 1 heterocycles. The maximum Gasteiger partial charge on any atom is 0.180 e. The highest BCUT2D eigenvalue weighted by molar-refractivity contribution is 8.14. The maximum atomic E-state index is 13.4. The lowest BCUT2D eigenvalue weighted by atomic mass is 10.1. The van der Waals surface area contributed by atoms with E-state index in [1.54, 1.807) is 0 Å². The molecule has 0 unspecified atom stereocenters. The molecule has 0 saturated carbocycles. The van der Waals surface area contributed by atoms with Gasteiger partial charge in [0.25, 0.3) is 0 Å². The second-order valence-corrected chi connectivity index (χ2v) is 6.30. The highest BCUT2D eigenvalue weighted by Gasteiger charge is 2.07. The summed E-state index contributed by atoms with van der Waals surface area (Å²) in [6, 6.07) is 3.69. The topological polar surface area (TPSA) is 60.0 Å². The molecule has 1 aliphatic heterocycles. The van der Waals surface area contributed by atoms with E-state index in [4.69, 9.17) is 10.5 Å². The summed E-state index contributed by atoms with van der Waals surface area (Å²) >= 11 is 1.51. The van der Waals surface area contributed by atoms with Crippen LogP contribution in [-0.4, -0.2) is 29.8 Å². The van der Waals surface area contributed by atoms with E-state index < -0.39 is 11.6 Å². The Labute approximate surface area is 139 Å². The lowest BCUT2D eigenvalue weighted by molar-refractivity contribution is 0.128. The minimum absolute atomic E-state index is 0.487. The quantitative estimate of drug-likeness (QED) is 0.699. The Morgan fingerprint density at radius 3 is 2.65 bits per heavy atom. The van der Waals surface area contributed by atoms with E-state index in [-0.39, 0.29) is 0 Å². The normalized spacial score (nSPS) is 14.5. The summed E-state index contributed by atoms with van der Waals surface area (Å²) in [6.07, 6.45) is 4.14. The number of nitrogens with zero attached hydrogens (tertiary/aromatic N) is 2. The van der Waals surface area contributed by atoms with Crippen LogP contribution in [0.1, 0.15) is 31.2 Å². The van der Waals surface area contributed by atoms with Gasteiger partial charge in [-0.1, -0.05) is 17.8 Å². The number of nitrogens with two attached hydrogens (primary N) is 1. The van der Waals surface area contributed by atoms with Crippen LogP contribution in [0.25, 0.3) is 0 Å². The Bertz CT molecular complexity index is 578. The van der Waals surface area contributed by atoms with Crippen LogP contribution in [0.5, 0.6) is 0 Å². The molecule has 0 saturated heterocycles. The Balaban J connectivity index is 1.50. The van der Waals surface area contributed by atoms with Gasteiger partial charge in [0.2, 0.25) is 0 Å². The van der Waals surface area contributed by atoms with Gasteiger partial charge < -0.3 is 10.5 Å². The smallest absolute Gasteiger partial charge is 0.180 e. The SMILES string of the molecule is NC1=NN=C(CCCCOCCCc2ccc(F)cc2F)CS1. The van der Waals surface area contributed by atoms with Crippen molar-refractivity contribution in [3.63, 3.8) is 0 Å². The van der Waals surface area contributed by atoms with Crippen LogP contribution in [0.3, 0.4) is 0 Å². The number of rotatable bonds is 9. The van der Waals surface area contributed by atoms with Crippen molar-refractivity contribution in [1.29, 1.82) is 0 Å². The fourth-order valence-corrected chi connectivity index (χ4v) is 2.80. The number of halogens is 2. The molecule has 4 nitrogen and oxygen atoms in total. The minimum atomic E-state index is -0.545. The summed E-state index contributed by atoms with van der Waals surface area (Å²) in [4.78, 5) is 0. The van der Waals surface area contributed by atoms with Crippen LogP contribution in [0, 0.1) is 11.6 Å². The van der Waals surface area contributed by atoms with Crippen molar-refractivity contribution in [3.8, 4) is 0 Å². The van der Waals surface area contributed by atoms with Crippen LogP contribution in [0.15, 0.2) is 28.4 Å². The molecule has 0 fully saturated rings. The maximum absolute atomic E-state index is 13.4. The van der Waals surface area contributed by atoms with Crippen LogP contribution in [-0.2, 0) is 11.2 Å². The van der Waals surface area contributed by atoms with Crippen molar-refractivity contribution in [2.45, 2.75) is 32.1 Å². The first-order chi connectivity index (χ1) is 11.1. The minimum Gasteiger partial charge on any atom is -0.381 e. The zero-order valence-electron chi connectivity index (χ0n) is 12.9. The summed E-state index contributed by atoms with van der Waals surface area (Å²) in [5.41, 5.74) is 7.12. The molecule has 2 rings (SSSR count). The lowest BCUT2D eigenvalue weighted by Gasteiger charge is -2.09. The molecule has 0 spiro atoms. The third-order valence-electron chi connectivity index (χ3n) is 3.43. The Kier molecular flexibility index (Phi) is 7.48. The van der Waals surface area contributed by atoms with Gasteiger partial charge in [-0.2, -0.15) is 5.10 Å². The van der Waals surface area contributed by atoms with Gasteiger partial charge in [-0.3, -0.25) is 0 Å². The average Bonchev–Trinajstić information content (AvgIpc) is 2.53. The molecule has 2 N–H and O–H groups in total. The monoisotopic (exact) mass is 341 g/mol. The zero-order chi connectivity index (χ0) is 16.5. The third kappa shape index (κ3) is 6.66. The van der Waals surface area contributed by atoms with Gasteiger partial charge in [-0.25, -0.2) is 8.78 Å². The van der Waals surface area contributed by atoms with Crippen LogP contribution in [0.4, 0.5) is 8.78 Å². The third-order valence-corrected chi connectivity index (χ3v) is 4.29. The number of hydrogen-bond acceptors (Lipinski definition) is 5. The van der Waals surface area contributed by atoms with Crippen molar-refractivity contribution in [3.05, 3.63) is 35.4 Å². The molecule has 0 aromatic heterocycles. The molecule has 0 radical (unpaired) electrons. The molecule has 0 atom stereocenters. The van der Waals surface area contributed by atoms with Gasteiger partial charge in [0, 0.05) is 25.0 Å². The van der Waals surface area contributed by atoms with Gasteiger partial charge in [0.1, 0.15) is 11.6 Å². The lowest BCUT2D eigenvalue weighted by Crippen LogP contribution is -2.15. The second kappa shape index (κ2) is 9.62. The highest BCUT2D eigenvalue weighted by atomic mass is 32.2. The first-order valence-corrected chi connectivity index (χ1v) is 8.67. The largest absolute Gasteiger partial charge is 0.381 e. The Morgan fingerprint density at radius 1 is 1.09 bits per heavy atom. The first kappa shape index (κ1) is 17.9. The van der Waals surface area contributed by atoms with E-state index in [1.807, 2.05) is 0 Å². The summed E-state index contributed by atoms with van der Waals surface area (Å²) in [7, 11) is 0. The van der Waals surface area contributed by atoms with E-state index in [1.165, 1.54) is 23.9 Å². The number of hydrogen-bond donors (Lipinski definition) is 1. The van der Waals surface area contributed by atoms with Crippen molar-refractivity contribution >= 4 is 22.6 Å².